The third kappa shape index (κ3) is 4.11. The molecule has 1 aliphatic rings. The van der Waals surface area contributed by atoms with Crippen LogP contribution in [0.15, 0.2) is 84.1 Å². The maximum Gasteiger partial charge on any atom is 0.255 e. The average Bonchev–Trinajstić information content (AvgIpc) is 3.24. The van der Waals surface area contributed by atoms with Gasteiger partial charge in [0.15, 0.2) is 5.82 Å². The number of carbonyl (C=O) groups excluding carboxylic acids is 1. The van der Waals surface area contributed by atoms with Gasteiger partial charge in [-0.2, -0.15) is 4.98 Å². The predicted octanol–water partition coefficient (Wildman–Crippen LogP) is 5.89. The van der Waals surface area contributed by atoms with E-state index in [9.17, 15) is 9.90 Å². The molecule has 0 fully saturated rings. The molecule has 0 saturated carbocycles. The summed E-state index contributed by atoms with van der Waals surface area (Å²) in [5.41, 5.74) is 3.12. The quantitative estimate of drug-likeness (QED) is 0.331. The second-order valence-corrected chi connectivity index (χ2v) is 8.63. The van der Waals surface area contributed by atoms with Crippen molar-refractivity contribution in [2.45, 2.75) is 13.0 Å². The van der Waals surface area contributed by atoms with Gasteiger partial charge in [0.25, 0.3) is 5.91 Å². The molecule has 1 aliphatic heterocycles. The van der Waals surface area contributed by atoms with Crippen LogP contribution in [0.2, 0.25) is 10.0 Å². The number of fused-ring (bicyclic) bond motifs is 1. The molecule has 1 aromatic heterocycles. The van der Waals surface area contributed by atoms with Crippen molar-refractivity contribution in [2.75, 3.05) is 10.6 Å². The van der Waals surface area contributed by atoms with E-state index in [1.165, 1.54) is 0 Å². The Morgan fingerprint density at radius 1 is 1.03 bits per heavy atom. The summed E-state index contributed by atoms with van der Waals surface area (Å²) >= 11 is 12.3. The largest absolute Gasteiger partial charge is 0.508 e. The van der Waals surface area contributed by atoms with E-state index in [0.29, 0.717) is 49.9 Å². The van der Waals surface area contributed by atoms with Gasteiger partial charge >= 0.3 is 0 Å². The zero-order valence-electron chi connectivity index (χ0n) is 18.0. The van der Waals surface area contributed by atoms with Crippen LogP contribution >= 0.6 is 23.2 Å². The molecular formula is C25H19Cl2N5O2. The highest BCUT2D eigenvalue weighted by Crippen LogP contribution is 2.38. The normalized spacial score (nSPS) is 15.0. The SMILES string of the molecule is CC1=C(C(=O)Nc2ccccc2)C(c2cccc(O)c2)n2nc(-c3ccc(Cl)c(Cl)c3)nc2N1. The van der Waals surface area contributed by atoms with E-state index in [2.05, 4.69) is 15.6 Å². The molecule has 9 heteroatoms. The molecule has 0 aliphatic carbocycles. The van der Waals surface area contributed by atoms with Crippen molar-refractivity contribution in [3.8, 4) is 17.1 Å². The summed E-state index contributed by atoms with van der Waals surface area (Å²) in [6.07, 6.45) is 0. The number of phenols is 1. The number of rotatable bonds is 4. The van der Waals surface area contributed by atoms with E-state index >= 15 is 0 Å². The van der Waals surface area contributed by atoms with E-state index in [0.717, 1.165) is 0 Å². The highest BCUT2D eigenvalue weighted by atomic mass is 35.5. The summed E-state index contributed by atoms with van der Waals surface area (Å²) in [4.78, 5) is 18.1. The number of nitrogens with one attached hydrogen (secondary N) is 2. The Morgan fingerprint density at radius 3 is 2.56 bits per heavy atom. The summed E-state index contributed by atoms with van der Waals surface area (Å²) in [6, 6.07) is 20.5. The standard InChI is InChI=1S/C25H19Cl2N5O2/c1-14-21(24(34)29-17-7-3-2-4-8-17)22(15-6-5-9-18(33)12-15)32-25(28-14)30-23(31-32)16-10-11-19(26)20(27)13-16/h2-13,22,33H,1H3,(H,29,34)(H,28,30,31). The van der Waals surface area contributed by atoms with Crippen molar-refractivity contribution in [3.05, 3.63) is 99.7 Å². The number of carbonyl (C=O) groups is 1. The lowest BCUT2D eigenvalue weighted by atomic mass is 9.95. The van der Waals surface area contributed by atoms with Gasteiger partial charge in [0.05, 0.1) is 15.6 Å². The molecular weight excluding hydrogens is 473 g/mol. The van der Waals surface area contributed by atoms with Gasteiger partial charge in [-0.15, -0.1) is 5.10 Å². The fourth-order valence-electron chi connectivity index (χ4n) is 3.93. The number of anilines is 2. The van der Waals surface area contributed by atoms with Gasteiger partial charge < -0.3 is 15.7 Å². The Morgan fingerprint density at radius 2 is 1.82 bits per heavy atom. The van der Waals surface area contributed by atoms with Crippen LogP contribution in [0.1, 0.15) is 18.5 Å². The zero-order valence-corrected chi connectivity index (χ0v) is 19.5. The van der Waals surface area contributed by atoms with Crippen molar-refractivity contribution >= 4 is 40.7 Å². The molecule has 0 bridgehead atoms. The minimum Gasteiger partial charge on any atom is -0.508 e. The highest BCUT2D eigenvalue weighted by molar-refractivity contribution is 6.42. The van der Waals surface area contributed by atoms with Crippen LogP contribution in [0.5, 0.6) is 5.75 Å². The second kappa shape index (κ2) is 8.85. The lowest BCUT2D eigenvalue weighted by molar-refractivity contribution is -0.113. The van der Waals surface area contributed by atoms with Crippen LogP contribution < -0.4 is 10.6 Å². The number of hydrogen-bond donors (Lipinski definition) is 3. The molecule has 7 nitrogen and oxygen atoms in total. The molecule has 3 aromatic carbocycles. The Balaban J connectivity index is 1.61. The van der Waals surface area contributed by atoms with Gasteiger partial charge in [-0.1, -0.05) is 53.5 Å². The molecule has 4 aromatic rings. The first-order valence-electron chi connectivity index (χ1n) is 10.5. The fraction of sp³-hybridized carbons (Fsp3) is 0.0800. The maximum atomic E-state index is 13.5. The van der Waals surface area contributed by atoms with E-state index in [4.69, 9.17) is 28.3 Å². The number of hydrogen-bond acceptors (Lipinski definition) is 5. The van der Waals surface area contributed by atoms with Crippen molar-refractivity contribution in [2.24, 2.45) is 0 Å². The van der Waals surface area contributed by atoms with Crippen molar-refractivity contribution in [3.63, 3.8) is 0 Å². The highest BCUT2D eigenvalue weighted by Gasteiger charge is 2.34. The number of amides is 1. The lowest BCUT2D eigenvalue weighted by Crippen LogP contribution is -2.31. The predicted molar refractivity (Wildman–Crippen MR) is 133 cm³/mol. The molecule has 5 rings (SSSR count). The van der Waals surface area contributed by atoms with Crippen molar-refractivity contribution in [1.29, 1.82) is 0 Å². The third-order valence-electron chi connectivity index (χ3n) is 5.49. The first-order chi connectivity index (χ1) is 16.4. The van der Waals surface area contributed by atoms with Crippen LogP contribution in [-0.4, -0.2) is 25.8 Å². The number of aromatic hydroxyl groups is 1. The smallest absolute Gasteiger partial charge is 0.255 e. The van der Waals surface area contributed by atoms with E-state index in [-0.39, 0.29) is 11.7 Å². The lowest BCUT2D eigenvalue weighted by Gasteiger charge is -2.28. The van der Waals surface area contributed by atoms with E-state index in [1.807, 2.05) is 43.3 Å². The number of allylic oxidation sites excluding steroid dienone is 1. The monoisotopic (exact) mass is 491 g/mol. The third-order valence-corrected chi connectivity index (χ3v) is 6.23. The fourth-order valence-corrected chi connectivity index (χ4v) is 4.22. The molecule has 0 radical (unpaired) electrons. The van der Waals surface area contributed by atoms with Crippen LogP contribution in [-0.2, 0) is 4.79 Å². The summed E-state index contributed by atoms with van der Waals surface area (Å²) in [5, 5.41) is 21.8. The number of nitrogens with zero attached hydrogens (tertiary/aromatic N) is 3. The Kier molecular flexibility index (Phi) is 5.73. The molecule has 3 N–H and O–H groups in total. The molecule has 1 amide bonds. The molecule has 1 unspecified atom stereocenters. The second-order valence-electron chi connectivity index (χ2n) is 7.81. The molecule has 170 valence electrons. The van der Waals surface area contributed by atoms with Crippen LogP contribution in [0, 0.1) is 0 Å². The molecule has 0 spiro atoms. The molecule has 0 saturated heterocycles. The van der Waals surface area contributed by atoms with Gasteiger partial charge in [0.2, 0.25) is 5.95 Å². The number of aromatic nitrogens is 3. The maximum absolute atomic E-state index is 13.5. The topological polar surface area (TPSA) is 92.1 Å². The average molecular weight is 492 g/mol. The zero-order chi connectivity index (χ0) is 23.8. The summed E-state index contributed by atoms with van der Waals surface area (Å²) in [7, 11) is 0. The Bertz CT molecular complexity index is 1430. The van der Waals surface area contributed by atoms with Gasteiger partial charge in [-0.25, -0.2) is 4.68 Å². The summed E-state index contributed by atoms with van der Waals surface area (Å²) in [6.45, 7) is 1.81. The number of benzene rings is 3. The van der Waals surface area contributed by atoms with Gasteiger partial charge in [-0.3, -0.25) is 4.79 Å². The van der Waals surface area contributed by atoms with E-state index in [1.54, 1.807) is 41.1 Å². The first kappa shape index (κ1) is 22.0. The van der Waals surface area contributed by atoms with Gasteiger partial charge in [-0.05, 0) is 55.0 Å². The number of para-hydroxylation sites is 1. The molecule has 34 heavy (non-hydrogen) atoms. The number of halogens is 2. The van der Waals surface area contributed by atoms with Crippen LogP contribution in [0.3, 0.4) is 0 Å². The van der Waals surface area contributed by atoms with Gasteiger partial charge in [0, 0.05) is 16.9 Å². The first-order valence-corrected chi connectivity index (χ1v) is 11.2. The number of phenolic OH excluding ortho intramolecular Hbond substituents is 1. The Hall–Kier alpha value is -3.81. The van der Waals surface area contributed by atoms with Gasteiger partial charge in [0.1, 0.15) is 11.8 Å². The molecule has 2 heterocycles. The summed E-state index contributed by atoms with van der Waals surface area (Å²) < 4.78 is 1.64. The van der Waals surface area contributed by atoms with Crippen LogP contribution in [0.4, 0.5) is 11.6 Å². The van der Waals surface area contributed by atoms with Crippen molar-refractivity contribution in [1.82, 2.24) is 14.8 Å². The molecule has 1 atom stereocenters. The minimum atomic E-state index is -0.629. The van der Waals surface area contributed by atoms with Crippen LogP contribution in [0.25, 0.3) is 11.4 Å². The minimum absolute atomic E-state index is 0.0860. The Labute approximate surface area is 205 Å². The van der Waals surface area contributed by atoms with E-state index < -0.39 is 6.04 Å². The van der Waals surface area contributed by atoms with Crippen molar-refractivity contribution < 1.29 is 9.90 Å². The summed E-state index contributed by atoms with van der Waals surface area (Å²) in [5.74, 6) is 0.677.